The Morgan fingerprint density at radius 1 is 0.938 bits per heavy atom. The van der Waals surface area contributed by atoms with E-state index in [9.17, 15) is 9.59 Å². The summed E-state index contributed by atoms with van der Waals surface area (Å²) < 4.78 is 16.3. The third kappa shape index (κ3) is 8.85. The summed E-state index contributed by atoms with van der Waals surface area (Å²) in [6.07, 6.45) is 11.8. The molecule has 0 aliphatic carbocycles. The number of fused-ring (bicyclic) bond motifs is 1. The van der Waals surface area contributed by atoms with Gasteiger partial charge in [-0.1, -0.05) is 76.8 Å². The third-order valence-corrected chi connectivity index (χ3v) is 6.03. The highest BCUT2D eigenvalue weighted by atomic mass is 35.5. The highest BCUT2D eigenvalue weighted by Crippen LogP contribution is 2.26. The maximum atomic E-state index is 11.7. The predicted molar refractivity (Wildman–Crippen MR) is 130 cm³/mol. The van der Waals surface area contributed by atoms with Crippen LogP contribution >= 0.6 is 11.6 Å². The van der Waals surface area contributed by atoms with Gasteiger partial charge in [0.05, 0.1) is 19.1 Å². The number of halogens is 1. The molecule has 0 amide bonds. The van der Waals surface area contributed by atoms with Gasteiger partial charge in [-0.3, -0.25) is 4.79 Å². The van der Waals surface area contributed by atoms with Crippen molar-refractivity contribution in [1.82, 2.24) is 0 Å². The molecular formula is C26H37ClO5. The SMILES string of the molecule is Cc1c(Cl)c(=O)oc2cc(OCCCCCCCCCCCCOC(=O)C(C)C)ccc12. The molecule has 0 radical (unpaired) electrons. The van der Waals surface area contributed by atoms with Crippen LogP contribution < -0.4 is 10.4 Å². The monoisotopic (exact) mass is 464 g/mol. The molecule has 6 heteroatoms. The highest BCUT2D eigenvalue weighted by Gasteiger charge is 2.10. The summed E-state index contributed by atoms with van der Waals surface area (Å²) in [5.41, 5.74) is 0.726. The van der Waals surface area contributed by atoms with E-state index in [-0.39, 0.29) is 16.9 Å². The second-order valence-corrected chi connectivity index (χ2v) is 9.07. The van der Waals surface area contributed by atoms with E-state index in [1.807, 2.05) is 32.9 Å². The van der Waals surface area contributed by atoms with Crippen LogP contribution in [0.15, 0.2) is 27.4 Å². The van der Waals surface area contributed by atoms with Crippen molar-refractivity contribution < 1.29 is 18.7 Å². The van der Waals surface area contributed by atoms with Gasteiger partial charge in [-0.15, -0.1) is 0 Å². The van der Waals surface area contributed by atoms with E-state index < -0.39 is 5.63 Å². The van der Waals surface area contributed by atoms with Crippen LogP contribution in [0, 0.1) is 12.8 Å². The normalized spacial score (nSPS) is 11.3. The Labute approximate surface area is 196 Å². The number of benzene rings is 1. The van der Waals surface area contributed by atoms with Gasteiger partial charge in [-0.25, -0.2) is 4.79 Å². The number of aryl methyl sites for hydroxylation is 1. The Bertz CT molecular complexity index is 903. The van der Waals surface area contributed by atoms with Gasteiger partial charge in [0.25, 0.3) is 0 Å². The van der Waals surface area contributed by atoms with E-state index in [1.54, 1.807) is 6.07 Å². The first kappa shape index (κ1) is 26.2. The number of hydrogen-bond donors (Lipinski definition) is 0. The molecule has 0 saturated carbocycles. The van der Waals surface area contributed by atoms with Crippen molar-refractivity contribution in [3.8, 4) is 5.75 Å². The van der Waals surface area contributed by atoms with Crippen LogP contribution in [0.25, 0.3) is 11.0 Å². The van der Waals surface area contributed by atoms with Crippen molar-refractivity contribution in [3.05, 3.63) is 39.2 Å². The Morgan fingerprint density at radius 3 is 2.09 bits per heavy atom. The Hall–Kier alpha value is -2.01. The highest BCUT2D eigenvalue weighted by molar-refractivity contribution is 6.31. The molecule has 0 saturated heterocycles. The van der Waals surface area contributed by atoms with Gasteiger partial charge < -0.3 is 13.9 Å². The fraction of sp³-hybridized carbons (Fsp3) is 0.615. The largest absolute Gasteiger partial charge is 0.493 e. The minimum Gasteiger partial charge on any atom is -0.493 e. The van der Waals surface area contributed by atoms with Crippen LogP contribution in [0.4, 0.5) is 0 Å². The van der Waals surface area contributed by atoms with Crippen molar-refractivity contribution in [2.45, 2.75) is 85.0 Å². The van der Waals surface area contributed by atoms with Gasteiger partial charge in [0.15, 0.2) is 0 Å². The zero-order valence-corrected chi connectivity index (χ0v) is 20.5. The van der Waals surface area contributed by atoms with Gasteiger partial charge >= 0.3 is 11.6 Å². The van der Waals surface area contributed by atoms with Crippen molar-refractivity contribution in [1.29, 1.82) is 0 Å². The van der Waals surface area contributed by atoms with E-state index in [1.165, 1.54) is 38.5 Å². The molecule has 1 heterocycles. The van der Waals surface area contributed by atoms with Gasteiger partial charge in [0, 0.05) is 11.5 Å². The van der Waals surface area contributed by atoms with Crippen molar-refractivity contribution >= 4 is 28.5 Å². The van der Waals surface area contributed by atoms with Gasteiger partial charge in [-0.05, 0) is 37.5 Å². The molecule has 0 fully saturated rings. The summed E-state index contributed by atoms with van der Waals surface area (Å²) in [7, 11) is 0. The molecule has 0 aliphatic rings. The lowest BCUT2D eigenvalue weighted by Crippen LogP contribution is -2.12. The first-order valence-electron chi connectivity index (χ1n) is 11.9. The molecule has 0 spiro atoms. The molecule has 2 rings (SSSR count). The zero-order chi connectivity index (χ0) is 23.3. The van der Waals surface area contributed by atoms with E-state index in [2.05, 4.69) is 0 Å². The lowest BCUT2D eigenvalue weighted by molar-refractivity contribution is -0.147. The van der Waals surface area contributed by atoms with E-state index >= 15 is 0 Å². The topological polar surface area (TPSA) is 65.7 Å². The second kappa shape index (κ2) is 14.2. The molecule has 178 valence electrons. The minimum atomic E-state index is -0.513. The summed E-state index contributed by atoms with van der Waals surface area (Å²) in [5.74, 6) is 0.580. The average Bonchev–Trinajstić information content (AvgIpc) is 2.77. The molecular weight excluding hydrogens is 428 g/mol. The van der Waals surface area contributed by atoms with E-state index in [0.29, 0.717) is 24.5 Å². The number of ether oxygens (including phenoxy) is 2. The summed E-state index contributed by atoms with van der Waals surface area (Å²) in [6.45, 7) is 6.75. The second-order valence-electron chi connectivity index (χ2n) is 8.69. The molecule has 0 N–H and O–H groups in total. The number of carbonyl (C=O) groups excluding carboxylic acids is 1. The number of carbonyl (C=O) groups is 1. The van der Waals surface area contributed by atoms with Crippen LogP contribution in [0.3, 0.4) is 0 Å². The lowest BCUT2D eigenvalue weighted by atomic mass is 10.1. The predicted octanol–water partition coefficient (Wildman–Crippen LogP) is 7.23. The molecule has 0 unspecified atom stereocenters. The van der Waals surface area contributed by atoms with Crippen molar-refractivity contribution in [2.75, 3.05) is 13.2 Å². The third-order valence-electron chi connectivity index (χ3n) is 5.59. The van der Waals surface area contributed by atoms with Gasteiger partial charge in [0.2, 0.25) is 0 Å². The van der Waals surface area contributed by atoms with Crippen LogP contribution in [0.1, 0.15) is 83.6 Å². The number of rotatable bonds is 15. The number of unbranched alkanes of at least 4 members (excludes halogenated alkanes) is 9. The summed E-state index contributed by atoms with van der Waals surface area (Å²) in [5, 5.41) is 0.965. The summed E-state index contributed by atoms with van der Waals surface area (Å²) >= 11 is 5.96. The van der Waals surface area contributed by atoms with E-state index in [0.717, 1.165) is 36.6 Å². The van der Waals surface area contributed by atoms with Crippen LogP contribution in [-0.4, -0.2) is 19.2 Å². The van der Waals surface area contributed by atoms with Gasteiger partial charge in [0.1, 0.15) is 16.4 Å². The maximum Gasteiger partial charge on any atom is 0.355 e. The molecule has 1 aromatic carbocycles. The van der Waals surface area contributed by atoms with Crippen LogP contribution in [-0.2, 0) is 9.53 Å². The molecule has 5 nitrogen and oxygen atoms in total. The minimum absolute atomic E-state index is 0.0335. The molecule has 0 bridgehead atoms. The first-order valence-corrected chi connectivity index (χ1v) is 12.3. The number of esters is 1. The van der Waals surface area contributed by atoms with Crippen molar-refractivity contribution in [3.63, 3.8) is 0 Å². The Kier molecular flexibility index (Phi) is 11.6. The van der Waals surface area contributed by atoms with Gasteiger partial charge in [-0.2, -0.15) is 0 Å². The standard InChI is InChI=1S/C26H37ClO5/c1-19(2)25(28)31-17-13-11-9-7-5-4-6-8-10-12-16-30-21-14-15-22-20(3)24(27)26(29)32-23(22)18-21/h14-15,18-19H,4-13,16-17H2,1-3H3. The average molecular weight is 465 g/mol. The summed E-state index contributed by atoms with van der Waals surface area (Å²) in [6, 6.07) is 5.53. The van der Waals surface area contributed by atoms with Crippen LogP contribution in [0.5, 0.6) is 5.75 Å². The number of hydrogen-bond acceptors (Lipinski definition) is 5. The molecule has 2 aromatic rings. The fourth-order valence-corrected chi connectivity index (χ4v) is 3.69. The molecule has 0 aliphatic heterocycles. The molecule has 32 heavy (non-hydrogen) atoms. The van der Waals surface area contributed by atoms with Crippen molar-refractivity contribution in [2.24, 2.45) is 5.92 Å². The molecule has 1 aromatic heterocycles. The van der Waals surface area contributed by atoms with E-state index in [4.69, 9.17) is 25.5 Å². The Balaban J connectivity index is 1.47. The van der Waals surface area contributed by atoms with Crippen LogP contribution in [0.2, 0.25) is 5.02 Å². The molecule has 0 atom stereocenters. The Morgan fingerprint density at radius 2 is 1.50 bits per heavy atom. The maximum absolute atomic E-state index is 11.7. The zero-order valence-electron chi connectivity index (χ0n) is 19.7. The lowest BCUT2D eigenvalue weighted by Gasteiger charge is -2.08. The smallest absolute Gasteiger partial charge is 0.355 e. The first-order chi connectivity index (χ1) is 15.4. The fourth-order valence-electron chi connectivity index (χ4n) is 3.55. The quantitative estimate of drug-likeness (QED) is 0.158. The summed E-state index contributed by atoms with van der Waals surface area (Å²) in [4.78, 5) is 23.1.